The first-order valence-electron chi connectivity index (χ1n) is 6.24. The molecule has 7 heteroatoms. The molecule has 0 spiro atoms. The lowest BCUT2D eigenvalue weighted by Crippen LogP contribution is -2.31. The van der Waals surface area contributed by atoms with E-state index in [1.54, 1.807) is 17.8 Å². The van der Waals surface area contributed by atoms with Crippen molar-refractivity contribution in [3.63, 3.8) is 0 Å². The lowest BCUT2D eigenvalue weighted by Gasteiger charge is -2.20. The third-order valence-electron chi connectivity index (χ3n) is 3.18. The van der Waals surface area contributed by atoms with Gasteiger partial charge < -0.3 is 10.3 Å². The zero-order valence-corrected chi connectivity index (χ0v) is 11.1. The highest BCUT2D eigenvalue weighted by Gasteiger charge is 2.17. The quantitative estimate of drug-likeness (QED) is 0.665. The van der Waals surface area contributed by atoms with Crippen LogP contribution < -0.4 is 5.32 Å². The van der Waals surface area contributed by atoms with Gasteiger partial charge in [0.25, 0.3) is 5.69 Å². The average Bonchev–Trinajstić information content (AvgIpc) is 2.80. The first-order chi connectivity index (χ1) is 9.22. The second-order valence-electron chi connectivity index (χ2n) is 4.59. The number of rotatable bonds is 3. The van der Waals surface area contributed by atoms with Crippen LogP contribution in [0.25, 0.3) is 11.0 Å². The van der Waals surface area contributed by atoms with Crippen LogP contribution in [0, 0.1) is 10.1 Å². The summed E-state index contributed by atoms with van der Waals surface area (Å²) in [4.78, 5) is 18.0. The molecule has 2 N–H and O–H groups in total. The fourth-order valence-corrected chi connectivity index (χ4v) is 3.34. The van der Waals surface area contributed by atoms with Gasteiger partial charge in [-0.2, -0.15) is 0 Å². The predicted octanol–water partition coefficient (Wildman–Crippen LogP) is 2.32. The van der Waals surface area contributed by atoms with E-state index in [-0.39, 0.29) is 5.69 Å². The zero-order chi connectivity index (χ0) is 13.2. The molecule has 1 atom stereocenters. The Balaban J connectivity index is 1.82. The van der Waals surface area contributed by atoms with Crippen molar-refractivity contribution in [1.82, 2.24) is 15.3 Å². The van der Waals surface area contributed by atoms with Gasteiger partial charge in [-0.25, -0.2) is 4.98 Å². The molecule has 1 aliphatic heterocycles. The van der Waals surface area contributed by atoms with Gasteiger partial charge in [-0.15, -0.1) is 0 Å². The maximum atomic E-state index is 10.7. The summed E-state index contributed by atoms with van der Waals surface area (Å²) in [6.07, 6.45) is 2.36. The molecule has 1 saturated heterocycles. The molecule has 2 heterocycles. The maximum Gasteiger partial charge on any atom is 0.271 e. The van der Waals surface area contributed by atoms with Crippen molar-refractivity contribution in [2.75, 3.05) is 13.1 Å². The van der Waals surface area contributed by atoms with Gasteiger partial charge in [-0.1, -0.05) is 11.8 Å². The van der Waals surface area contributed by atoms with Gasteiger partial charge in [-0.3, -0.25) is 10.1 Å². The molecule has 19 heavy (non-hydrogen) atoms. The van der Waals surface area contributed by atoms with E-state index in [9.17, 15) is 10.1 Å². The number of thioether (sulfide) groups is 1. The van der Waals surface area contributed by atoms with Crippen LogP contribution in [0.3, 0.4) is 0 Å². The minimum absolute atomic E-state index is 0.0898. The first kappa shape index (κ1) is 12.4. The molecule has 0 saturated carbocycles. The Morgan fingerprint density at radius 2 is 2.37 bits per heavy atom. The van der Waals surface area contributed by atoms with Crippen molar-refractivity contribution in [2.45, 2.75) is 23.2 Å². The maximum absolute atomic E-state index is 10.7. The van der Waals surface area contributed by atoms with Crippen molar-refractivity contribution in [3.05, 3.63) is 28.3 Å². The van der Waals surface area contributed by atoms with Crippen molar-refractivity contribution in [1.29, 1.82) is 0 Å². The number of nitrogens with one attached hydrogen (secondary N) is 2. The Hall–Kier alpha value is -1.60. The molecule has 2 aromatic rings. The summed E-state index contributed by atoms with van der Waals surface area (Å²) in [6.45, 7) is 2.07. The summed E-state index contributed by atoms with van der Waals surface area (Å²) >= 11 is 1.71. The molecule has 6 nitrogen and oxygen atoms in total. The molecule has 0 bridgehead atoms. The highest BCUT2D eigenvalue weighted by atomic mass is 32.2. The van der Waals surface area contributed by atoms with Crippen molar-refractivity contribution >= 4 is 28.5 Å². The fraction of sp³-hybridized carbons (Fsp3) is 0.417. The topological polar surface area (TPSA) is 83.8 Å². The number of hydrogen-bond donors (Lipinski definition) is 2. The Morgan fingerprint density at radius 3 is 3.11 bits per heavy atom. The Kier molecular flexibility index (Phi) is 3.39. The van der Waals surface area contributed by atoms with Gasteiger partial charge in [0, 0.05) is 23.9 Å². The minimum atomic E-state index is -0.391. The SMILES string of the molecule is O=[N+]([O-])c1ccc2nc(S[C@H]3CCCNC3)[nH]c2c1. The summed E-state index contributed by atoms with van der Waals surface area (Å²) in [5.74, 6) is 0. The van der Waals surface area contributed by atoms with E-state index in [0.29, 0.717) is 5.25 Å². The smallest absolute Gasteiger partial charge is 0.271 e. The summed E-state index contributed by atoms with van der Waals surface area (Å²) in [6, 6.07) is 4.71. The summed E-state index contributed by atoms with van der Waals surface area (Å²) in [5.41, 5.74) is 1.59. The lowest BCUT2D eigenvalue weighted by molar-refractivity contribution is -0.384. The number of H-pyrrole nitrogens is 1. The molecular weight excluding hydrogens is 264 g/mol. The second kappa shape index (κ2) is 5.18. The summed E-state index contributed by atoms with van der Waals surface area (Å²) in [5, 5.41) is 15.4. The number of benzene rings is 1. The van der Waals surface area contributed by atoms with Crippen LogP contribution in [0.4, 0.5) is 5.69 Å². The van der Waals surface area contributed by atoms with Crippen LogP contribution in [0.2, 0.25) is 0 Å². The predicted molar refractivity (Wildman–Crippen MR) is 74.5 cm³/mol. The van der Waals surface area contributed by atoms with Gasteiger partial charge in [0.2, 0.25) is 0 Å². The molecule has 1 fully saturated rings. The van der Waals surface area contributed by atoms with Crippen molar-refractivity contribution < 1.29 is 4.92 Å². The molecule has 3 rings (SSSR count). The van der Waals surface area contributed by atoms with E-state index < -0.39 is 4.92 Å². The van der Waals surface area contributed by atoms with E-state index in [1.807, 2.05) is 0 Å². The third-order valence-corrected chi connectivity index (χ3v) is 4.34. The van der Waals surface area contributed by atoms with E-state index in [2.05, 4.69) is 15.3 Å². The van der Waals surface area contributed by atoms with Crippen molar-refractivity contribution in [2.24, 2.45) is 0 Å². The molecule has 0 amide bonds. The third kappa shape index (κ3) is 2.71. The van der Waals surface area contributed by atoms with E-state index in [1.165, 1.54) is 25.0 Å². The minimum Gasteiger partial charge on any atom is -0.333 e. The highest BCUT2D eigenvalue weighted by molar-refractivity contribution is 7.99. The number of non-ortho nitro benzene ring substituents is 1. The number of nitro groups is 1. The van der Waals surface area contributed by atoms with Crippen LogP contribution in [0.5, 0.6) is 0 Å². The molecule has 0 radical (unpaired) electrons. The van der Waals surface area contributed by atoms with Gasteiger partial charge in [-0.05, 0) is 25.5 Å². The fourth-order valence-electron chi connectivity index (χ4n) is 2.22. The van der Waals surface area contributed by atoms with Gasteiger partial charge in [0.15, 0.2) is 5.16 Å². The second-order valence-corrected chi connectivity index (χ2v) is 5.88. The average molecular weight is 278 g/mol. The lowest BCUT2D eigenvalue weighted by atomic mass is 10.2. The zero-order valence-electron chi connectivity index (χ0n) is 10.3. The molecule has 0 aliphatic carbocycles. The Bertz CT molecular complexity index is 607. The van der Waals surface area contributed by atoms with Gasteiger partial charge in [0.05, 0.1) is 16.0 Å². The van der Waals surface area contributed by atoms with Crippen LogP contribution in [-0.4, -0.2) is 33.2 Å². The van der Waals surface area contributed by atoms with Gasteiger partial charge in [0.1, 0.15) is 0 Å². The standard InChI is InChI=1S/C12H14N4O2S/c17-16(18)8-3-4-10-11(6-8)15-12(14-10)19-9-2-1-5-13-7-9/h3-4,6,9,13H,1-2,5,7H2,(H,14,15)/t9-/m0/s1. The number of imidazole rings is 1. The molecule has 1 aliphatic rings. The number of nitro benzene ring substituents is 1. The van der Waals surface area contributed by atoms with E-state index in [0.717, 1.165) is 29.3 Å². The number of aromatic amines is 1. The molecule has 100 valence electrons. The Labute approximate surface area is 114 Å². The van der Waals surface area contributed by atoms with Crippen molar-refractivity contribution in [3.8, 4) is 0 Å². The van der Waals surface area contributed by atoms with Crippen LogP contribution in [0.15, 0.2) is 23.4 Å². The number of nitrogens with zero attached hydrogens (tertiary/aromatic N) is 2. The molecule has 0 unspecified atom stereocenters. The van der Waals surface area contributed by atoms with E-state index >= 15 is 0 Å². The molecular formula is C12H14N4O2S. The summed E-state index contributed by atoms with van der Waals surface area (Å²) in [7, 11) is 0. The Morgan fingerprint density at radius 1 is 1.47 bits per heavy atom. The first-order valence-corrected chi connectivity index (χ1v) is 7.12. The van der Waals surface area contributed by atoms with Crippen LogP contribution in [-0.2, 0) is 0 Å². The van der Waals surface area contributed by atoms with Gasteiger partial charge >= 0.3 is 0 Å². The number of hydrogen-bond acceptors (Lipinski definition) is 5. The number of aromatic nitrogens is 2. The largest absolute Gasteiger partial charge is 0.333 e. The number of fused-ring (bicyclic) bond motifs is 1. The highest BCUT2D eigenvalue weighted by Crippen LogP contribution is 2.28. The normalized spacial score (nSPS) is 19.7. The summed E-state index contributed by atoms with van der Waals surface area (Å²) < 4.78 is 0. The van der Waals surface area contributed by atoms with Crippen LogP contribution >= 0.6 is 11.8 Å². The van der Waals surface area contributed by atoms with Crippen LogP contribution in [0.1, 0.15) is 12.8 Å². The molecule has 1 aromatic heterocycles. The number of piperidine rings is 1. The van der Waals surface area contributed by atoms with E-state index in [4.69, 9.17) is 0 Å². The molecule has 1 aromatic carbocycles. The monoisotopic (exact) mass is 278 g/mol.